The van der Waals surface area contributed by atoms with E-state index in [1.807, 2.05) is 30.3 Å². The van der Waals surface area contributed by atoms with Crippen LogP contribution in [0.3, 0.4) is 0 Å². The lowest BCUT2D eigenvalue weighted by molar-refractivity contribution is -0.150. The van der Waals surface area contributed by atoms with Crippen LogP contribution in [0.25, 0.3) is 0 Å². The largest absolute Gasteiger partial charge is 0.462 e. The maximum atomic E-state index is 13.0. The number of nitrogens with one attached hydrogen (secondary N) is 1. The number of aliphatic imine (C=N–C) groups is 1. The predicted octanol–water partition coefficient (Wildman–Crippen LogP) is 1.26. The smallest absolute Gasteiger partial charge is 0.328 e. The van der Waals surface area contributed by atoms with Gasteiger partial charge in [-0.1, -0.05) is 42.5 Å². The standard InChI is InChI=1S/C22H26N4O4S/c1-25-12-14-26(15-13-25)20(17-7-3-2-4-8-17)22(27)30-16-11-23-21-18-9-5-6-10-19(18)31(28,29)24-21/h2-10,20H,11-16H2,1H3,(H,23,24). The van der Waals surface area contributed by atoms with E-state index in [1.165, 1.54) is 0 Å². The molecule has 164 valence electrons. The van der Waals surface area contributed by atoms with E-state index < -0.39 is 16.1 Å². The van der Waals surface area contributed by atoms with E-state index in [-0.39, 0.29) is 29.9 Å². The Morgan fingerprint density at radius 3 is 2.48 bits per heavy atom. The lowest BCUT2D eigenvalue weighted by atomic mass is 10.0. The summed E-state index contributed by atoms with van der Waals surface area (Å²) in [6, 6.07) is 15.9. The van der Waals surface area contributed by atoms with Crippen molar-refractivity contribution in [2.45, 2.75) is 10.9 Å². The first-order chi connectivity index (χ1) is 15.0. The summed E-state index contributed by atoms with van der Waals surface area (Å²) in [6.45, 7) is 3.59. The molecule has 2 aliphatic rings. The first-order valence-corrected chi connectivity index (χ1v) is 11.7. The second-order valence-electron chi connectivity index (χ2n) is 7.65. The van der Waals surface area contributed by atoms with Crippen LogP contribution in [0.2, 0.25) is 0 Å². The number of carbonyl (C=O) groups excluding carboxylic acids is 1. The predicted molar refractivity (Wildman–Crippen MR) is 117 cm³/mol. The van der Waals surface area contributed by atoms with Crippen molar-refractivity contribution in [3.63, 3.8) is 0 Å². The van der Waals surface area contributed by atoms with Gasteiger partial charge in [0.05, 0.1) is 11.4 Å². The number of esters is 1. The topological polar surface area (TPSA) is 91.3 Å². The number of piperazine rings is 1. The fourth-order valence-electron chi connectivity index (χ4n) is 3.85. The Morgan fingerprint density at radius 1 is 1.06 bits per heavy atom. The van der Waals surface area contributed by atoms with Crippen molar-refractivity contribution in [3.05, 3.63) is 65.7 Å². The molecule has 31 heavy (non-hydrogen) atoms. The Morgan fingerprint density at radius 2 is 1.74 bits per heavy atom. The van der Waals surface area contributed by atoms with E-state index in [0.29, 0.717) is 5.56 Å². The lowest BCUT2D eigenvalue weighted by Gasteiger charge is -2.36. The third-order valence-electron chi connectivity index (χ3n) is 5.51. The molecule has 1 atom stereocenters. The Labute approximate surface area is 182 Å². The fraction of sp³-hybridized carbons (Fsp3) is 0.364. The molecule has 1 fully saturated rings. The molecule has 0 aromatic heterocycles. The average molecular weight is 443 g/mol. The zero-order valence-corrected chi connectivity index (χ0v) is 18.2. The zero-order chi connectivity index (χ0) is 21.8. The highest BCUT2D eigenvalue weighted by atomic mass is 32.2. The second kappa shape index (κ2) is 9.17. The van der Waals surface area contributed by atoms with Crippen LogP contribution < -0.4 is 4.72 Å². The van der Waals surface area contributed by atoms with E-state index in [2.05, 4.69) is 26.6 Å². The normalized spacial score (nSPS) is 20.7. The number of benzene rings is 2. The van der Waals surface area contributed by atoms with Crippen LogP contribution in [0.4, 0.5) is 0 Å². The van der Waals surface area contributed by atoms with E-state index in [4.69, 9.17) is 4.74 Å². The summed E-state index contributed by atoms with van der Waals surface area (Å²) in [4.78, 5) is 21.9. The number of nitrogens with zero attached hydrogens (tertiary/aromatic N) is 3. The van der Waals surface area contributed by atoms with Gasteiger partial charge in [-0.3, -0.25) is 14.6 Å². The fourth-order valence-corrected chi connectivity index (χ4v) is 5.10. The molecule has 0 amide bonds. The molecule has 2 aliphatic heterocycles. The van der Waals surface area contributed by atoms with Crippen LogP contribution in [0, 0.1) is 0 Å². The minimum atomic E-state index is -3.58. The number of amidine groups is 1. The first kappa shape index (κ1) is 21.5. The number of rotatable bonds is 6. The SMILES string of the molecule is CN1CCN(C(C(=O)OCCN=C2NS(=O)(=O)c3ccccc32)c2ccccc2)CC1. The first-order valence-electron chi connectivity index (χ1n) is 10.3. The summed E-state index contributed by atoms with van der Waals surface area (Å²) >= 11 is 0. The van der Waals surface area contributed by atoms with Crippen LogP contribution in [0.1, 0.15) is 17.2 Å². The van der Waals surface area contributed by atoms with E-state index in [0.717, 1.165) is 31.7 Å². The maximum Gasteiger partial charge on any atom is 0.328 e. The van der Waals surface area contributed by atoms with E-state index >= 15 is 0 Å². The van der Waals surface area contributed by atoms with Gasteiger partial charge < -0.3 is 9.64 Å². The zero-order valence-electron chi connectivity index (χ0n) is 17.4. The molecule has 0 radical (unpaired) electrons. The van der Waals surface area contributed by atoms with Gasteiger partial charge >= 0.3 is 5.97 Å². The van der Waals surface area contributed by atoms with E-state index in [9.17, 15) is 13.2 Å². The number of hydrogen-bond acceptors (Lipinski definition) is 7. The van der Waals surface area contributed by atoms with Crippen LogP contribution in [-0.2, 0) is 19.6 Å². The van der Waals surface area contributed by atoms with Crippen molar-refractivity contribution < 1.29 is 17.9 Å². The van der Waals surface area contributed by atoms with Crippen molar-refractivity contribution in [2.75, 3.05) is 46.4 Å². The summed E-state index contributed by atoms with van der Waals surface area (Å²) in [7, 11) is -1.50. The molecular weight excluding hydrogens is 416 g/mol. The third-order valence-corrected chi connectivity index (χ3v) is 6.91. The Bertz CT molecular complexity index is 1060. The van der Waals surface area contributed by atoms with Crippen LogP contribution in [0.15, 0.2) is 64.5 Å². The van der Waals surface area contributed by atoms with Crippen molar-refractivity contribution in [2.24, 2.45) is 4.99 Å². The minimum absolute atomic E-state index is 0.0727. The Kier molecular flexibility index (Phi) is 6.35. The minimum Gasteiger partial charge on any atom is -0.462 e. The molecule has 4 rings (SSSR count). The summed E-state index contributed by atoms with van der Waals surface area (Å²) in [5.41, 5.74) is 1.44. The van der Waals surface area contributed by atoms with Gasteiger partial charge in [0.25, 0.3) is 10.0 Å². The molecular formula is C22H26N4O4S. The van der Waals surface area contributed by atoms with Crippen LogP contribution >= 0.6 is 0 Å². The highest BCUT2D eigenvalue weighted by molar-refractivity contribution is 7.90. The number of fused-ring (bicyclic) bond motifs is 1. The molecule has 0 bridgehead atoms. The van der Waals surface area contributed by atoms with Gasteiger partial charge in [0, 0.05) is 31.7 Å². The third kappa shape index (κ3) is 4.79. The molecule has 0 aliphatic carbocycles. The van der Waals surface area contributed by atoms with Gasteiger partial charge in [-0.2, -0.15) is 0 Å². The summed E-state index contributed by atoms with van der Waals surface area (Å²) < 4.78 is 32.3. The average Bonchev–Trinajstić information content (AvgIpc) is 3.04. The molecule has 1 saturated heterocycles. The summed E-state index contributed by atoms with van der Waals surface area (Å²) in [5, 5.41) is 0. The molecule has 0 spiro atoms. The van der Waals surface area contributed by atoms with Crippen molar-refractivity contribution >= 4 is 21.8 Å². The molecule has 2 aromatic rings. The number of carbonyl (C=O) groups is 1. The van der Waals surface area contributed by atoms with Crippen LogP contribution in [0.5, 0.6) is 0 Å². The molecule has 2 aromatic carbocycles. The van der Waals surface area contributed by atoms with E-state index in [1.54, 1.807) is 24.3 Å². The van der Waals surface area contributed by atoms with Gasteiger partial charge in [-0.25, -0.2) is 13.2 Å². The monoisotopic (exact) mass is 442 g/mol. The lowest BCUT2D eigenvalue weighted by Crippen LogP contribution is -2.48. The molecule has 1 unspecified atom stereocenters. The maximum absolute atomic E-state index is 13.0. The Hall–Kier alpha value is -2.75. The molecule has 8 nitrogen and oxygen atoms in total. The number of ether oxygens (including phenoxy) is 1. The number of hydrogen-bond donors (Lipinski definition) is 1. The molecule has 0 saturated carbocycles. The van der Waals surface area contributed by atoms with Gasteiger partial charge in [0.1, 0.15) is 18.5 Å². The summed E-state index contributed by atoms with van der Waals surface area (Å²) in [6.07, 6.45) is 0. The number of sulfonamides is 1. The highest BCUT2D eigenvalue weighted by Crippen LogP contribution is 2.24. The van der Waals surface area contributed by atoms with Crippen LogP contribution in [-0.4, -0.2) is 76.4 Å². The second-order valence-corrected chi connectivity index (χ2v) is 9.30. The van der Waals surface area contributed by atoms with Crippen molar-refractivity contribution in [3.8, 4) is 0 Å². The van der Waals surface area contributed by atoms with Crippen molar-refractivity contribution in [1.82, 2.24) is 14.5 Å². The van der Waals surface area contributed by atoms with Gasteiger partial charge in [0.2, 0.25) is 0 Å². The molecule has 9 heteroatoms. The van der Waals surface area contributed by atoms with Gasteiger partial charge in [-0.15, -0.1) is 0 Å². The molecule has 1 N–H and O–H groups in total. The summed E-state index contributed by atoms with van der Waals surface area (Å²) in [5.74, 6) is -0.0336. The van der Waals surface area contributed by atoms with Crippen molar-refractivity contribution in [1.29, 1.82) is 0 Å². The Balaban J connectivity index is 1.41. The quantitative estimate of drug-likeness (QED) is 0.535. The highest BCUT2D eigenvalue weighted by Gasteiger charge is 2.32. The van der Waals surface area contributed by atoms with Gasteiger partial charge in [0.15, 0.2) is 0 Å². The van der Waals surface area contributed by atoms with Gasteiger partial charge in [-0.05, 0) is 24.7 Å². The molecule has 2 heterocycles. The number of likely N-dealkylation sites (N-methyl/N-ethyl adjacent to an activating group) is 1.